The predicted octanol–water partition coefficient (Wildman–Crippen LogP) is 6.97. The number of unbranched alkanes of at least 4 members (excludes halogenated alkanes) is 1. The molecular weight excluding hydrogens is 408 g/mol. The summed E-state index contributed by atoms with van der Waals surface area (Å²) in [6, 6.07) is 14.2. The zero-order valence-corrected chi connectivity index (χ0v) is 20.2. The van der Waals surface area contributed by atoms with Crippen LogP contribution in [0.4, 0.5) is 0 Å². The maximum Gasteiger partial charge on any atom is 0.201 e. The number of allylic oxidation sites excluding steroid dienone is 3. The summed E-state index contributed by atoms with van der Waals surface area (Å²) in [6.07, 6.45) is 3.04. The van der Waals surface area contributed by atoms with Crippen LogP contribution < -0.4 is 0 Å². The summed E-state index contributed by atoms with van der Waals surface area (Å²) in [4.78, 5) is 13.6. The normalized spacial score (nSPS) is 15.2. The van der Waals surface area contributed by atoms with Crippen molar-refractivity contribution in [3.8, 4) is 0 Å². The Hall–Kier alpha value is -3.40. The van der Waals surface area contributed by atoms with E-state index in [1.165, 1.54) is 5.56 Å². The number of aliphatic hydroxyl groups is 1. The zero-order valence-electron chi connectivity index (χ0n) is 20.2. The minimum absolute atomic E-state index is 0.00245. The third kappa shape index (κ3) is 3.74. The molecule has 2 aromatic carbocycles. The third-order valence-electron chi connectivity index (χ3n) is 6.64. The number of aryl methyl sites for hydroxylation is 3. The second kappa shape index (κ2) is 8.86. The molecule has 0 amide bonds. The van der Waals surface area contributed by atoms with E-state index in [2.05, 4.69) is 36.6 Å². The van der Waals surface area contributed by atoms with Gasteiger partial charge in [0.05, 0.1) is 11.1 Å². The van der Waals surface area contributed by atoms with Crippen molar-refractivity contribution < 1.29 is 9.90 Å². The van der Waals surface area contributed by atoms with E-state index in [0.717, 1.165) is 59.1 Å². The number of carbonyl (C=O) groups is 1. The molecule has 0 aliphatic heterocycles. The molecule has 0 saturated heterocycles. The summed E-state index contributed by atoms with van der Waals surface area (Å²) in [5.74, 6) is -0.183. The lowest BCUT2D eigenvalue weighted by Gasteiger charge is -2.25. The maximum atomic E-state index is 13.6. The minimum Gasteiger partial charge on any atom is -0.506 e. The molecule has 0 saturated carbocycles. The molecule has 170 valence electrons. The molecule has 4 heteroatoms. The lowest BCUT2D eigenvalue weighted by molar-refractivity contribution is -0.111. The Morgan fingerprint density at radius 3 is 2.45 bits per heavy atom. The van der Waals surface area contributed by atoms with E-state index in [0.29, 0.717) is 11.1 Å². The van der Waals surface area contributed by atoms with Crippen molar-refractivity contribution in [3.05, 3.63) is 81.7 Å². The van der Waals surface area contributed by atoms with E-state index >= 15 is 0 Å². The molecule has 1 aliphatic carbocycles. The smallest absolute Gasteiger partial charge is 0.201 e. The summed E-state index contributed by atoms with van der Waals surface area (Å²) < 4.78 is 2.27. The van der Waals surface area contributed by atoms with Crippen LogP contribution in [0.2, 0.25) is 0 Å². The van der Waals surface area contributed by atoms with Gasteiger partial charge in [-0.25, -0.2) is 0 Å². The summed E-state index contributed by atoms with van der Waals surface area (Å²) >= 11 is 0. The number of hydrogen-bond acceptors (Lipinski definition) is 3. The van der Waals surface area contributed by atoms with Crippen molar-refractivity contribution in [3.63, 3.8) is 0 Å². The first kappa shape index (κ1) is 22.8. The van der Waals surface area contributed by atoms with Gasteiger partial charge in [0.25, 0.3) is 0 Å². The molecule has 0 bridgehead atoms. The number of nitrogens with zero attached hydrogens (tertiary/aromatic N) is 1. The van der Waals surface area contributed by atoms with Gasteiger partial charge < -0.3 is 15.1 Å². The van der Waals surface area contributed by atoms with Crippen molar-refractivity contribution in [2.24, 2.45) is 0 Å². The third-order valence-corrected chi connectivity index (χ3v) is 6.64. The molecule has 4 rings (SSSR count). The van der Waals surface area contributed by atoms with Gasteiger partial charge >= 0.3 is 0 Å². The van der Waals surface area contributed by atoms with E-state index in [9.17, 15) is 9.90 Å². The molecule has 1 aromatic heterocycles. The number of fused-ring (bicyclic) bond motifs is 1. The Morgan fingerprint density at radius 2 is 1.85 bits per heavy atom. The number of hydrogen-bond donors (Lipinski definition) is 2. The van der Waals surface area contributed by atoms with Gasteiger partial charge in [-0.1, -0.05) is 56.2 Å². The lowest BCUT2D eigenvalue weighted by atomic mass is 9.77. The largest absolute Gasteiger partial charge is 0.506 e. The number of aromatic nitrogens is 1. The molecule has 0 fully saturated rings. The molecule has 33 heavy (non-hydrogen) atoms. The fraction of sp³-hybridized carbons (Fsp3) is 0.310. The van der Waals surface area contributed by atoms with Crippen molar-refractivity contribution in [1.29, 1.82) is 5.41 Å². The molecule has 3 aromatic rings. The summed E-state index contributed by atoms with van der Waals surface area (Å²) in [5.41, 5.74) is 7.37. The highest BCUT2D eigenvalue weighted by molar-refractivity contribution is 6.46. The Kier molecular flexibility index (Phi) is 6.11. The van der Waals surface area contributed by atoms with Crippen molar-refractivity contribution in [2.45, 2.75) is 60.4 Å². The first-order chi connectivity index (χ1) is 15.8. The van der Waals surface area contributed by atoms with Crippen LogP contribution in [-0.4, -0.2) is 21.2 Å². The number of rotatable bonds is 7. The monoisotopic (exact) mass is 440 g/mol. The van der Waals surface area contributed by atoms with Crippen LogP contribution in [0.25, 0.3) is 22.0 Å². The Labute approximate surface area is 195 Å². The average Bonchev–Trinajstić information content (AvgIpc) is 3.06. The predicted molar refractivity (Wildman–Crippen MR) is 137 cm³/mol. The molecule has 1 aliphatic rings. The quantitative estimate of drug-likeness (QED) is 0.308. The standard InChI is InChI=1S/C29H32N2O2/c1-6-8-14-31-19(5)25(22-16-20(7-2)12-13-23(22)31)27-28(32)26(29(27)33)24(18(4)30)21-11-9-10-17(3)15-21/h9-13,15-16,30,32H,6-8,14H2,1-5H3/b26-24+,30-18?. The highest BCUT2D eigenvalue weighted by atomic mass is 16.3. The fourth-order valence-corrected chi connectivity index (χ4v) is 4.88. The number of nitrogens with one attached hydrogen (secondary N) is 1. The summed E-state index contributed by atoms with van der Waals surface area (Å²) in [5, 5.41) is 20.6. The first-order valence-corrected chi connectivity index (χ1v) is 11.8. The SMILES string of the molecule is CCCCn1c(C)c(C2=C(O)/C(=C(/C(C)=N)c3cccc(C)c3)C2=O)c2cc(CC)ccc21. The number of carbonyl (C=O) groups excluding carboxylic acids is 1. The van der Waals surface area contributed by atoms with Gasteiger partial charge in [-0.3, -0.25) is 4.79 Å². The van der Waals surface area contributed by atoms with E-state index in [1.807, 2.05) is 38.1 Å². The molecule has 2 N–H and O–H groups in total. The van der Waals surface area contributed by atoms with Crippen molar-refractivity contribution in [2.75, 3.05) is 0 Å². The van der Waals surface area contributed by atoms with Crippen LogP contribution in [0.3, 0.4) is 0 Å². The van der Waals surface area contributed by atoms with Crippen LogP contribution in [0.5, 0.6) is 0 Å². The van der Waals surface area contributed by atoms with Crippen molar-refractivity contribution >= 4 is 33.5 Å². The molecule has 4 nitrogen and oxygen atoms in total. The molecule has 0 radical (unpaired) electrons. The van der Waals surface area contributed by atoms with Gasteiger partial charge in [-0.2, -0.15) is 0 Å². The van der Waals surface area contributed by atoms with Crippen LogP contribution in [0, 0.1) is 19.3 Å². The van der Waals surface area contributed by atoms with E-state index in [4.69, 9.17) is 5.41 Å². The second-order valence-corrected chi connectivity index (χ2v) is 8.97. The number of Topliss-reactive ketones (excluding diaryl/α,β-unsaturated/α-hetero) is 1. The lowest BCUT2D eigenvalue weighted by Crippen LogP contribution is -2.24. The van der Waals surface area contributed by atoms with Gasteiger partial charge in [-0.05, 0) is 56.9 Å². The van der Waals surface area contributed by atoms with Gasteiger partial charge in [-0.15, -0.1) is 0 Å². The highest BCUT2D eigenvalue weighted by Gasteiger charge is 2.40. The van der Waals surface area contributed by atoms with Gasteiger partial charge in [0.15, 0.2) is 0 Å². The highest BCUT2D eigenvalue weighted by Crippen LogP contribution is 2.45. The van der Waals surface area contributed by atoms with E-state index in [-0.39, 0.29) is 22.8 Å². The Bertz CT molecular complexity index is 1350. The van der Waals surface area contributed by atoms with Gasteiger partial charge in [0.2, 0.25) is 5.78 Å². The van der Waals surface area contributed by atoms with Crippen LogP contribution in [0.1, 0.15) is 61.6 Å². The number of aliphatic hydroxyl groups excluding tert-OH is 1. The molecule has 0 unspecified atom stereocenters. The first-order valence-electron chi connectivity index (χ1n) is 11.8. The summed E-state index contributed by atoms with van der Waals surface area (Å²) in [6.45, 7) is 10.9. The molecular formula is C29H32N2O2. The zero-order chi connectivity index (χ0) is 23.9. The topological polar surface area (TPSA) is 66.1 Å². The Balaban J connectivity index is 1.97. The number of benzene rings is 2. The molecule has 1 heterocycles. The van der Waals surface area contributed by atoms with E-state index in [1.54, 1.807) is 6.92 Å². The van der Waals surface area contributed by atoms with Gasteiger partial charge in [0, 0.05) is 40.0 Å². The van der Waals surface area contributed by atoms with Crippen molar-refractivity contribution in [1.82, 2.24) is 4.57 Å². The summed E-state index contributed by atoms with van der Waals surface area (Å²) in [7, 11) is 0. The van der Waals surface area contributed by atoms with Crippen LogP contribution in [0.15, 0.2) is 53.8 Å². The average molecular weight is 441 g/mol. The van der Waals surface area contributed by atoms with E-state index < -0.39 is 0 Å². The van der Waals surface area contributed by atoms with Crippen LogP contribution in [-0.2, 0) is 17.8 Å². The molecule has 0 atom stereocenters. The maximum absolute atomic E-state index is 13.6. The van der Waals surface area contributed by atoms with Crippen LogP contribution >= 0.6 is 0 Å². The Morgan fingerprint density at radius 1 is 1.09 bits per heavy atom. The number of ketones is 1. The fourth-order valence-electron chi connectivity index (χ4n) is 4.88. The minimum atomic E-state index is -0.185. The second-order valence-electron chi connectivity index (χ2n) is 8.97. The molecule has 0 spiro atoms. The van der Waals surface area contributed by atoms with Gasteiger partial charge in [0.1, 0.15) is 5.76 Å².